The molecule has 188 valence electrons. The Kier molecular flexibility index (Phi) is 7.17. The second-order valence-corrected chi connectivity index (χ2v) is 9.58. The lowest BCUT2D eigenvalue weighted by atomic mass is 10.1. The van der Waals surface area contributed by atoms with Crippen molar-refractivity contribution in [3.05, 3.63) is 104 Å². The van der Waals surface area contributed by atoms with Crippen molar-refractivity contribution in [1.82, 2.24) is 14.7 Å². The summed E-state index contributed by atoms with van der Waals surface area (Å²) in [6.07, 6.45) is 3.47. The number of ether oxygens (including phenoxy) is 1. The predicted octanol–water partition coefficient (Wildman–Crippen LogP) is 6.62. The molecule has 0 unspecified atom stereocenters. The number of anilines is 2. The lowest BCUT2D eigenvalue weighted by Crippen LogP contribution is -2.27. The third kappa shape index (κ3) is 5.33. The van der Waals surface area contributed by atoms with Gasteiger partial charge in [0, 0.05) is 29.4 Å². The van der Waals surface area contributed by atoms with Gasteiger partial charge in [0.15, 0.2) is 11.4 Å². The Morgan fingerprint density at radius 2 is 1.76 bits per heavy atom. The second-order valence-electron chi connectivity index (χ2n) is 8.77. The summed E-state index contributed by atoms with van der Waals surface area (Å²) in [5.74, 6) is 0.684. The monoisotopic (exact) mass is 534 g/mol. The van der Waals surface area contributed by atoms with Gasteiger partial charge in [0.05, 0.1) is 16.9 Å². The second kappa shape index (κ2) is 10.7. The normalized spacial score (nSPS) is 13.0. The molecule has 0 bridgehead atoms. The molecule has 1 aliphatic heterocycles. The lowest BCUT2D eigenvalue weighted by Gasteiger charge is -2.17. The molecule has 0 radical (unpaired) electrons. The van der Waals surface area contributed by atoms with Crippen LogP contribution in [0.3, 0.4) is 0 Å². The largest absolute Gasteiger partial charge is 0.453 e. The summed E-state index contributed by atoms with van der Waals surface area (Å²) in [7, 11) is 0. The summed E-state index contributed by atoms with van der Waals surface area (Å²) >= 11 is 12.5. The van der Waals surface area contributed by atoms with Crippen molar-refractivity contribution < 1.29 is 9.53 Å². The van der Waals surface area contributed by atoms with Crippen LogP contribution in [0.4, 0.5) is 11.4 Å². The highest BCUT2D eigenvalue weighted by atomic mass is 35.5. The Morgan fingerprint density at radius 1 is 0.973 bits per heavy atom. The third-order valence-electron chi connectivity index (χ3n) is 6.15. The maximum atomic E-state index is 13.7. The van der Waals surface area contributed by atoms with Crippen LogP contribution in [0.5, 0.6) is 11.5 Å². The fourth-order valence-electron chi connectivity index (χ4n) is 4.21. The number of aryl methyl sites for hydroxylation is 1. The van der Waals surface area contributed by atoms with E-state index in [2.05, 4.69) is 10.4 Å². The van der Waals surface area contributed by atoms with E-state index in [0.29, 0.717) is 32.7 Å². The number of para-hydroxylation sites is 1. The first-order valence-corrected chi connectivity index (χ1v) is 12.6. The molecule has 7 nitrogen and oxygen atoms in total. The Hall–Kier alpha value is -3.81. The van der Waals surface area contributed by atoms with Gasteiger partial charge in [-0.05, 0) is 73.9 Å². The van der Waals surface area contributed by atoms with Gasteiger partial charge in [-0.3, -0.25) is 9.59 Å². The van der Waals surface area contributed by atoms with E-state index in [-0.39, 0.29) is 17.3 Å². The summed E-state index contributed by atoms with van der Waals surface area (Å²) in [5.41, 5.74) is 2.06. The third-order valence-corrected chi connectivity index (χ3v) is 6.90. The fraction of sp³-hybridized carbons (Fsp3) is 0.179. The van der Waals surface area contributed by atoms with Gasteiger partial charge >= 0.3 is 0 Å². The van der Waals surface area contributed by atoms with Crippen LogP contribution in [-0.4, -0.2) is 33.7 Å². The number of amides is 1. The van der Waals surface area contributed by atoms with E-state index in [4.69, 9.17) is 27.9 Å². The Morgan fingerprint density at radius 3 is 2.51 bits per heavy atom. The number of nitrogens with one attached hydrogen (secondary N) is 1. The highest BCUT2D eigenvalue weighted by Gasteiger charge is 2.21. The molecule has 2 heterocycles. The van der Waals surface area contributed by atoms with Gasteiger partial charge in [0.25, 0.3) is 11.5 Å². The molecule has 0 aliphatic carbocycles. The van der Waals surface area contributed by atoms with Crippen LogP contribution in [0.2, 0.25) is 10.0 Å². The number of aromatic nitrogens is 2. The predicted molar refractivity (Wildman–Crippen MR) is 146 cm³/mol. The summed E-state index contributed by atoms with van der Waals surface area (Å²) in [6, 6.07) is 19.2. The van der Waals surface area contributed by atoms with Crippen molar-refractivity contribution in [1.29, 1.82) is 0 Å². The van der Waals surface area contributed by atoms with Crippen LogP contribution in [0.1, 0.15) is 28.8 Å². The average Bonchev–Trinajstić information content (AvgIpc) is 3.44. The maximum Gasteiger partial charge on any atom is 0.299 e. The first-order chi connectivity index (χ1) is 17.9. The van der Waals surface area contributed by atoms with Crippen molar-refractivity contribution in [3.8, 4) is 17.2 Å². The molecule has 1 amide bonds. The first kappa shape index (κ1) is 24.9. The zero-order valence-electron chi connectivity index (χ0n) is 20.1. The van der Waals surface area contributed by atoms with Gasteiger partial charge in [-0.25, -0.2) is 0 Å². The van der Waals surface area contributed by atoms with Crippen molar-refractivity contribution >= 4 is 40.5 Å². The average molecular weight is 535 g/mol. The van der Waals surface area contributed by atoms with Crippen LogP contribution in [0.15, 0.2) is 77.7 Å². The van der Waals surface area contributed by atoms with Crippen LogP contribution in [0, 0.1) is 6.92 Å². The highest BCUT2D eigenvalue weighted by molar-refractivity contribution is 6.32. The molecule has 1 saturated heterocycles. The summed E-state index contributed by atoms with van der Waals surface area (Å²) in [6.45, 7) is 3.37. The van der Waals surface area contributed by atoms with Crippen molar-refractivity contribution in [2.24, 2.45) is 0 Å². The Bertz CT molecular complexity index is 1530. The van der Waals surface area contributed by atoms with Crippen molar-refractivity contribution in [2.75, 3.05) is 18.4 Å². The smallest absolute Gasteiger partial charge is 0.299 e. The topological polar surface area (TPSA) is 76.5 Å². The zero-order valence-corrected chi connectivity index (χ0v) is 21.6. The number of carbonyl (C=O) groups is 1. The number of hydrogen-bond donors (Lipinski definition) is 1. The molecule has 0 spiro atoms. The number of carbonyl (C=O) groups excluding carboxylic acids is 1. The Balaban J connectivity index is 1.56. The minimum absolute atomic E-state index is 0.0301. The van der Waals surface area contributed by atoms with E-state index < -0.39 is 5.56 Å². The van der Waals surface area contributed by atoms with Crippen LogP contribution in [-0.2, 0) is 0 Å². The van der Waals surface area contributed by atoms with Gasteiger partial charge in [-0.15, -0.1) is 0 Å². The van der Waals surface area contributed by atoms with Gasteiger partial charge in [-0.2, -0.15) is 9.78 Å². The molecule has 1 fully saturated rings. The summed E-state index contributed by atoms with van der Waals surface area (Å²) in [5, 5.41) is 8.46. The van der Waals surface area contributed by atoms with Gasteiger partial charge in [-0.1, -0.05) is 41.4 Å². The number of benzene rings is 3. The number of nitrogens with zero attached hydrogens (tertiary/aromatic N) is 3. The quantitative estimate of drug-likeness (QED) is 0.300. The number of likely N-dealkylation sites (tertiary alicyclic amines) is 1. The van der Waals surface area contributed by atoms with E-state index >= 15 is 0 Å². The number of rotatable bonds is 6. The minimum Gasteiger partial charge on any atom is -0.453 e. The molecular weight excluding hydrogens is 511 g/mol. The van der Waals surface area contributed by atoms with E-state index in [1.54, 1.807) is 66.7 Å². The highest BCUT2D eigenvalue weighted by Crippen LogP contribution is 2.31. The molecule has 3 aromatic carbocycles. The van der Waals surface area contributed by atoms with E-state index in [9.17, 15) is 9.59 Å². The molecule has 1 aliphatic rings. The van der Waals surface area contributed by atoms with Crippen LogP contribution < -0.4 is 15.6 Å². The fourth-order valence-corrected chi connectivity index (χ4v) is 4.54. The summed E-state index contributed by atoms with van der Waals surface area (Å²) < 4.78 is 7.29. The van der Waals surface area contributed by atoms with Gasteiger partial charge < -0.3 is 15.0 Å². The van der Waals surface area contributed by atoms with E-state index in [1.165, 1.54) is 10.9 Å². The molecule has 0 atom stereocenters. The van der Waals surface area contributed by atoms with E-state index in [0.717, 1.165) is 31.5 Å². The number of hydrogen-bond acceptors (Lipinski definition) is 5. The van der Waals surface area contributed by atoms with Gasteiger partial charge in [0.2, 0.25) is 0 Å². The molecule has 1 N–H and O–H groups in total. The first-order valence-electron chi connectivity index (χ1n) is 11.9. The Labute approximate surface area is 224 Å². The molecule has 9 heteroatoms. The maximum absolute atomic E-state index is 13.7. The van der Waals surface area contributed by atoms with Crippen molar-refractivity contribution in [2.45, 2.75) is 19.8 Å². The molecule has 1 aromatic heterocycles. The molecule has 0 saturated carbocycles. The lowest BCUT2D eigenvalue weighted by molar-refractivity contribution is 0.0793. The zero-order chi connectivity index (χ0) is 25.9. The minimum atomic E-state index is -0.465. The SMILES string of the molecule is Cc1cc(Oc2cnn(-c3ccccc3Cl)c(=O)c2Nc2cccc(C(=O)N3CCCC3)c2)ccc1Cl. The van der Waals surface area contributed by atoms with E-state index in [1.807, 2.05) is 11.8 Å². The standard InChI is InChI=1S/C28H24Cl2N4O3/c1-18-15-21(11-12-22(18)29)37-25-17-31-34(24-10-3-2-9-23(24)30)28(36)26(25)32-20-8-6-7-19(16-20)27(35)33-13-4-5-14-33/h2-3,6-12,15-17,32H,4-5,13-14H2,1H3. The summed E-state index contributed by atoms with van der Waals surface area (Å²) in [4.78, 5) is 28.5. The van der Waals surface area contributed by atoms with Crippen LogP contribution in [0.25, 0.3) is 5.69 Å². The molecular formula is C28H24Cl2N4O3. The molecule has 5 rings (SSSR count). The molecule has 4 aromatic rings. The number of halogens is 2. The van der Waals surface area contributed by atoms with Gasteiger partial charge in [0.1, 0.15) is 5.75 Å². The van der Waals surface area contributed by atoms with Crippen LogP contribution >= 0.6 is 23.2 Å². The van der Waals surface area contributed by atoms with Crippen molar-refractivity contribution in [3.63, 3.8) is 0 Å². The molecule has 37 heavy (non-hydrogen) atoms.